The quantitative estimate of drug-likeness (QED) is 0.136. The number of hydrogen-bond donors (Lipinski definition) is 2. The van der Waals surface area contributed by atoms with Gasteiger partial charge in [-0.1, -0.05) is 30.3 Å². The van der Waals surface area contributed by atoms with Crippen LogP contribution in [-0.2, 0) is 11.4 Å². The first-order chi connectivity index (χ1) is 16.3. The molecule has 0 heterocycles. The lowest BCUT2D eigenvalue weighted by atomic mass is 10.1. The molecule has 10 heteroatoms. The van der Waals surface area contributed by atoms with Gasteiger partial charge in [0.15, 0.2) is 11.5 Å². The molecule has 3 rings (SSSR count). The van der Waals surface area contributed by atoms with Gasteiger partial charge in [-0.25, -0.2) is 0 Å². The third-order valence-electron chi connectivity index (χ3n) is 4.59. The predicted molar refractivity (Wildman–Crippen MR) is 128 cm³/mol. The van der Waals surface area contributed by atoms with E-state index in [-0.39, 0.29) is 16.9 Å². The van der Waals surface area contributed by atoms with Crippen molar-refractivity contribution in [2.24, 2.45) is 0 Å². The molecular weight excluding hydrogens is 506 g/mol. The molecule has 3 aromatic rings. The number of carbonyl (C=O) groups is 1. The zero-order valence-corrected chi connectivity index (χ0v) is 19.4. The molecule has 0 aliphatic heterocycles. The molecule has 0 radical (unpaired) electrons. The predicted octanol–water partition coefficient (Wildman–Crippen LogP) is 5.20. The number of nitrogens with one attached hydrogen (secondary N) is 1. The van der Waals surface area contributed by atoms with Crippen LogP contribution in [0.4, 0.5) is 11.4 Å². The molecule has 172 valence electrons. The van der Waals surface area contributed by atoms with Crippen LogP contribution in [0, 0.1) is 21.4 Å². The zero-order valence-electron chi connectivity index (χ0n) is 17.8. The number of carbonyl (C=O) groups excluding carboxylic acids is 1. The van der Waals surface area contributed by atoms with Crippen molar-refractivity contribution in [2.45, 2.75) is 6.61 Å². The minimum Gasteiger partial charge on any atom is -0.506 e. The van der Waals surface area contributed by atoms with Crippen LogP contribution in [-0.4, -0.2) is 23.0 Å². The van der Waals surface area contributed by atoms with E-state index in [4.69, 9.17) is 9.47 Å². The summed E-state index contributed by atoms with van der Waals surface area (Å²) < 4.78 is 11.9. The van der Waals surface area contributed by atoms with E-state index in [1.54, 1.807) is 12.1 Å². The van der Waals surface area contributed by atoms with Crippen LogP contribution < -0.4 is 14.8 Å². The maximum atomic E-state index is 12.6. The number of benzene rings is 3. The van der Waals surface area contributed by atoms with E-state index in [2.05, 4.69) is 21.2 Å². The highest BCUT2D eigenvalue weighted by molar-refractivity contribution is 9.10. The molecule has 0 atom stereocenters. The molecule has 3 aromatic carbocycles. The van der Waals surface area contributed by atoms with Gasteiger partial charge >= 0.3 is 0 Å². The van der Waals surface area contributed by atoms with Crippen LogP contribution in [0.5, 0.6) is 17.2 Å². The zero-order chi connectivity index (χ0) is 24.7. The maximum Gasteiger partial charge on any atom is 0.273 e. The lowest BCUT2D eigenvalue weighted by Gasteiger charge is -2.14. The highest BCUT2D eigenvalue weighted by atomic mass is 79.9. The fraction of sp³-hybridized carbons (Fsp3) is 0.0833. The normalized spacial score (nSPS) is 10.8. The van der Waals surface area contributed by atoms with Crippen LogP contribution in [0.15, 0.2) is 70.7 Å². The highest BCUT2D eigenvalue weighted by Gasteiger charge is 2.17. The van der Waals surface area contributed by atoms with Gasteiger partial charge in [0, 0.05) is 6.07 Å². The number of phenolic OH excluding ortho intramolecular Hbond substituents is 1. The SMILES string of the molecule is COc1cc(C=C(C#N)C(=O)Nc2ccc([N+](=O)[O-])cc2O)cc(Br)c1OCc1ccccc1. The van der Waals surface area contributed by atoms with E-state index in [0.717, 1.165) is 17.7 Å². The molecule has 0 aromatic heterocycles. The number of nitriles is 1. The summed E-state index contributed by atoms with van der Waals surface area (Å²) in [6.45, 7) is 0.315. The Bertz CT molecular complexity index is 1300. The van der Waals surface area contributed by atoms with Crippen molar-refractivity contribution in [2.75, 3.05) is 12.4 Å². The average Bonchev–Trinajstić information content (AvgIpc) is 2.83. The molecule has 0 saturated carbocycles. The number of anilines is 1. The van der Waals surface area contributed by atoms with E-state index in [0.29, 0.717) is 28.1 Å². The number of amides is 1. The summed E-state index contributed by atoms with van der Waals surface area (Å²) in [7, 11) is 1.47. The second kappa shape index (κ2) is 11.0. The van der Waals surface area contributed by atoms with Crippen molar-refractivity contribution in [1.29, 1.82) is 5.26 Å². The van der Waals surface area contributed by atoms with Crippen molar-refractivity contribution < 1.29 is 24.3 Å². The molecule has 0 aliphatic carbocycles. The summed E-state index contributed by atoms with van der Waals surface area (Å²) in [4.78, 5) is 22.7. The summed E-state index contributed by atoms with van der Waals surface area (Å²) in [5, 5.41) is 32.6. The van der Waals surface area contributed by atoms with Crippen LogP contribution >= 0.6 is 15.9 Å². The molecule has 2 N–H and O–H groups in total. The van der Waals surface area contributed by atoms with E-state index >= 15 is 0 Å². The number of hydrogen-bond acceptors (Lipinski definition) is 7. The van der Waals surface area contributed by atoms with Gasteiger partial charge in [0.2, 0.25) is 0 Å². The van der Waals surface area contributed by atoms with Crippen molar-refractivity contribution in [3.8, 4) is 23.3 Å². The molecule has 1 amide bonds. The van der Waals surface area contributed by atoms with Gasteiger partial charge in [-0.2, -0.15) is 5.26 Å². The van der Waals surface area contributed by atoms with Crippen LogP contribution in [0.25, 0.3) is 6.08 Å². The number of ether oxygens (including phenoxy) is 2. The molecule has 0 unspecified atom stereocenters. The first-order valence-electron chi connectivity index (χ1n) is 9.77. The summed E-state index contributed by atoms with van der Waals surface area (Å²) >= 11 is 3.44. The Labute approximate surface area is 203 Å². The second-order valence-electron chi connectivity index (χ2n) is 6.89. The molecule has 34 heavy (non-hydrogen) atoms. The summed E-state index contributed by atoms with van der Waals surface area (Å²) in [5.74, 6) is -0.445. The Morgan fingerprint density at radius 1 is 1.24 bits per heavy atom. The number of aromatic hydroxyl groups is 1. The number of nitro groups is 1. The van der Waals surface area contributed by atoms with Crippen molar-refractivity contribution in [3.63, 3.8) is 0 Å². The third-order valence-corrected chi connectivity index (χ3v) is 5.18. The molecule has 0 fully saturated rings. The van der Waals surface area contributed by atoms with Crippen molar-refractivity contribution >= 4 is 39.3 Å². The van der Waals surface area contributed by atoms with E-state index < -0.39 is 16.6 Å². The Balaban J connectivity index is 1.82. The minimum atomic E-state index is -0.800. The number of nitro benzene ring substituents is 1. The topological polar surface area (TPSA) is 135 Å². The lowest BCUT2D eigenvalue weighted by Crippen LogP contribution is -2.13. The first-order valence-corrected chi connectivity index (χ1v) is 10.6. The number of non-ortho nitro benzene ring substituents is 1. The average molecular weight is 524 g/mol. The minimum absolute atomic E-state index is 0.0693. The Morgan fingerprint density at radius 3 is 2.59 bits per heavy atom. The Morgan fingerprint density at radius 2 is 1.97 bits per heavy atom. The smallest absolute Gasteiger partial charge is 0.273 e. The molecular formula is C24H18BrN3O6. The van der Waals surface area contributed by atoms with Gasteiger partial charge in [0.05, 0.1) is 28.3 Å². The monoisotopic (exact) mass is 523 g/mol. The summed E-state index contributed by atoms with van der Waals surface area (Å²) in [6, 6.07) is 17.9. The summed E-state index contributed by atoms with van der Waals surface area (Å²) in [5.41, 5.74) is 0.789. The van der Waals surface area contributed by atoms with Gasteiger partial charge in [0.1, 0.15) is 24.0 Å². The fourth-order valence-electron chi connectivity index (χ4n) is 2.94. The molecule has 0 spiro atoms. The van der Waals surface area contributed by atoms with Gasteiger partial charge in [-0.05, 0) is 51.3 Å². The van der Waals surface area contributed by atoms with Crippen LogP contribution in [0.1, 0.15) is 11.1 Å². The molecule has 0 aliphatic rings. The molecule has 9 nitrogen and oxygen atoms in total. The van der Waals surface area contributed by atoms with Crippen molar-refractivity contribution in [1.82, 2.24) is 0 Å². The second-order valence-corrected chi connectivity index (χ2v) is 7.75. The lowest BCUT2D eigenvalue weighted by molar-refractivity contribution is -0.384. The number of methoxy groups -OCH3 is 1. The highest BCUT2D eigenvalue weighted by Crippen LogP contribution is 2.38. The van der Waals surface area contributed by atoms with E-state index in [1.807, 2.05) is 36.4 Å². The molecule has 0 saturated heterocycles. The standard InChI is InChI=1S/C24H18BrN3O6/c1-33-22-11-16(10-19(25)23(22)34-14-15-5-3-2-4-6-15)9-17(13-26)24(30)27-20-8-7-18(28(31)32)12-21(20)29/h2-12,29H,14H2,1H3,(H,27,30). The van der Waals surface area contributed by atoms with Crippen LogP contribution in [0.3, 0.4) is 0 Å². The van der Waals surface area contributed by atoms with Crippen LogP contribution in [0.2, 0.25) is 0 Å². The van der Waals surface area contributed by atoms with Gasteiger partial charge in [-0.15, -0.1) is 0 Å². The van der Waals surface area contributed by atoms with Gasteiger partial charge < -0.3 is 19.9 Å². The van der Waals surface area contributed by atoms with Gasteiger partial charge in [-0.3, -0.25) is 14.9 Å². The first kappa shape index (κ1) is 24.3. The van der Waals surface area contributed by atoms with Crippen molar-refractivity contribution in [3.05, 3.63) is 92.0 Å². The third kappa shape index (κ3) is 5.90. The maximum absolute atomic E-state index is 12.6. The number of phenols is 1. The largest absolute Gasteiger partial charge is 0.506 e. The van der Waals surface area contributed by atoms with E-state index in [1.165, 1.54) is 19.3 Å². The fourth-order valence-corrected chi connectivity index (χ4v) is 3.51. The Hall–Kier alpha value is -4.36. The summed E-state index contributed by atoms with van der Waals surface area (Å²) in [6.07, 6.45) is 1.34. The van der Waals surface area contributed by atoms with E-state index in [9.17, 15) is 25.3 Å². The Kier molecular flexibility index (Phi) is 7.84. The van der Waals surface area contributed by atoms with Gasteiger partial charge in [0.25, 0.3) is 11.6 Å². The number of halogens is 1. The molecule has 0 bridgehead atoms. The number of nitrogens with zero attached hydrogens (tertiary/aromatic N) is 2. The number of rotatable bonds is 8.